The van der Waals surface area contributed by atoms with Gasteiger partial charge in [-0.05, 0) is 36.8 Å². The second kappa shape index (κ2) is 9.22. The molecular formula is C22H28N6S. The zero-order valence-electron chi connectivity index (χ0n) is 17.1. The fraction of sp³-hybridized carbons (Fsp3) is 0.409. The number of likely N-dealkylation sites (tertiary alicyclic amines) is 1. The van der Waals surface area contributed by atoms with Crippen LogP contribution in [-0.2, 0) is 20.0 Å². The van der Waals surface area contributed by atoms with Gasteiger partial charge in [0.25, 0.3) is 0 Å². The highest BCUT2D eigenvalue weighted by molar-refractivity contribution is 7.09. The van der Waals surface area contributed by atoms with Gasteiger partial charge >= 0.3 is 0 Å². The number of guanidine groups is 1. The number of thiophene rings is 1. The zero-order chi connectivity index (χ0) is 20.1. The summed E-state index contributed by atoms with van der Waals surface area (Å²) in [6, 6.07) is 15.1. The molecule has 6 nitrogen and oxygen atoms in total. The maximum atomic E-state index is 4.91. The molecule has 152 valence electrons. The van der Waals surface area contributed by atoms with Crippen LogP contribution in [0.4, 0.5) is 0 Å². The number of hydrogen-bond donors (Lipinski definition) is 1. The Balaban J connectivity index is 1.45. The van der Waals surface area contributed by atoms with Crippen molar-refractivity contribution in [3.8, 4) is 0 Å². The molecular weight excluding hydrogens is 380 g/mol. The number of aliphatic imine (C=N–C) groups is 1. The van der Waals surface area contributed by atoms with E-state index in [0.717, 1.165) is 50.1 Å². The molecule has 1 unspecified atom stereocenters. The van der Waals surface area contributed by atoms with Gasteiger partial charge in [-0.15, -0.1) is 21.5 Å². The topological polar surface area (TPSA) is 58.3 Å². The number of nitrogens with zero attached hydrogens (tertiary/aromatic N) is 5. The Labute approximate surface area is 176 Å². The highest BCUT2D eigenvalue weighted by atomic mass is 32.1. The molecule has 1 saturated heterocycles. The van der Waals surface area contributed by atoms with Crippen molar-refractivity contribution in [1.82, 2.24) is 25.0 Å². The van der Waals surface area contributed by atoms with E-state index in [2.05, 4.69) is 68.3 Å². The van der Waals surface area contributed by atoms with Gasteiger partial charge in [-0.25, -0.2) is 4.99 Å². The molecule has 1 N–H and O–H groups in total. The maximum absolute atomic E-state index is 4.91. The van der Waals surface area contributed by atoms with Gasteiger partial charge in [0.05, 0.1) is 0 Å². The van der Waals surface area contributed by atoms with E-state index in [4.69, 9.17) is 4.99 Å². The lowest BCUT2D eigenvalue weighted by Gasteiger charge is -2.22. The van der Waals surface area contributed by atoms with Crippen LogP contribution < -0.4 is 5.32 Å². The molecule has 1 aliphatic rings. The minimum Gasteiger partial charge on any atom is -0.356 e. The largest absolute Gasteiger partial charge is 0.356 e. The molecule has 2 aromatic heterocycles. The molecule has 1 fully saturated rings. The number of aromatic nitrogens is 3. The highest BCUT2D eigenvalue weighted by Crippen LogP contribution is 2.27. The predicted octanol–water partition coefficient (Wildman–Crippen LogP) is 3.36. The summed E-state index contributed by atoms with van der Waals surface area (Å²) in [5.41, 5.74) is 1.41. The van der Waals surface area contributed by atoms with Crippen molar-refractivity contribution in [2.24, 2.45) is 12.0 Å². The number of nitrogens with one attached hydrogen (secondary N) is 1. The molecule has 1 aromatic carbocycles. The van der Waals surface area contributed by atoms with E-state index in [1.807, 2.05) is 18.5 Å². The first-order valence-electron chi connectivity index (χ1n) is 10.2. The van der Waals surface area contributed by atoms with Gasteiger partial charge in [0.1, 0.15) is 12.4 Å². The van der Waals surface area contributed by atoms with Gasteiger partial charge in [0, 0.05) is 37.5 Å². The first-order chi connectivity index (χ1) is 14.2. The second-order valence-electron chi connectivity index (χ2n) is 7.46. The summed E-state index contributed by atoms with van der Waals surface area (Å²) in [5.74, 6) is 3.32. The van der Waals surface area contributed by atoms with Crippen LogP contribution in [0.25, 0.3) is 0 Å². The van der Waals surface area contributed by atoms with E-state index in [-0.39, 0.29) is 0 Å². The number of rotatable bonds is 6. The van der Waals surface area contributed by atoms with E-state index in [9.17, 15) is 0 Å². The van der Waals surface area contributed by atoms with Crippen molar-refractivity contribution in [2.75, 3.05) is 19.6 Å². The van der Waals surface area contributed by atoms with E-state index < -0.39 is 0 Å². The molecule has 29 heavy (non-hydrogen) atoms. The summed E-state index contributed by atoms with van der Waals surface area (Å²) in [5, 5.41) is 14.1. The Hall–Kier alpha value is -2.67. The molecule has 0 bridgehead atoms. The zero-order valence-corrected chi connectivity index (χ0v) is 17.9. The average Bonchev–Trinajstić information content (AvgIpc) is 3.49. The summed E-state index contributed by atoms with van der Waals surface area (Å²) in [7, 11) is 1.99. The molecule has 0 amide bonds. The lowest BCUT2D eigenvalue weighted by Crippen LogP contribution is -2.41. The van der Waals surface area contributed by atoms with Crippen LogP contribution in [0.2, 0.25) is 0 Å². The van der Waals surface area contributed by atoms with Crippen molar-refractivity contribution < 1.29 is 0 Å². The van der Waals surface area contributed by atoms with Crippen LogP contribution in [0.3, 0.4) is 0 Å². The highest BCUT2D eigenvalue weighted by Gasteiger charge is 2.26. The summed E-state index contributed by atoms with van der Waals surface area (Å²) < 4.78 is 2.00. The minimum atomic E-state index is 0.533. The molecule has 0 spiro atoms. The molecule has 4 rings (SSSR count). The van der Waals surface area contributed by atoms with Crippen LogP contribution in [-0.4, -0.2) is 45.3 Å². The molecule has 0 aliphatic carbocycles. The quantitative estimate of drug-likeness (QED) is 0.502. The number of hydrogen-bond acceptors (Lipinski definition) is 4. The smallest absolute Gasteiger partial charge is 0.194 e. The predicted molar refractivity (Wildman–Crippen MR) is 118 cm³/mol. The standard InChI is InChI=1S/C22H28N6S/c1-17-25-26-21(27(17)2)15-24-22(23-12-10-20-9-6-14-29-20)28-13-11-19(16-28)18-7-4-3-5-8-18/h3-9,14,19H,10-13,15-16H2,1-2H3,(H,23,24). The normalized spacial score (nSPS) is 17.1. The van der Waals surface area contributed by atoms with Gasteiger partial charge in [0.2, 0.25) is 0 Å². The van der Waals surface area contributed by atoms with Gasteiger partial charge in [-0.3, -0.25) is 0 Å². The lowest BCUT2D eigenvalue weighted by molar-refractivity contribution is 0.483. The third kappa shape index (κ3) is 4.85. The summed E-state index contributed by atoms with van der Waals surface area (Å²) in [4.78, 5) is 8.69. The van der Waals surface area contributed by atoms with E-state index in [1.165, 1.54) is 10.4 Å². The first-order valence-corrected chi connectivity index (χ1v) is 11.0. The van der Waals surface area contributed by atoms with Gasteiger partial charge < -0.3 is 14.8 Å². The third-order valence-electron chi connectivity index (χ3n) is 5.55. The fourth-order valence-electron chi connectivity index (χ4n) is 3.70. The molecule has 1 aliphatic heterocycles. The van der Waals surface area contributed by atoms with E-state index in [0.29, 0.717) is 12.5 Å². The van der Waals surface area contributed by atoms with Gasteiger partial charge in [0.15, 0.2) is 11.8 Å². The Morgan fingerprint density at radius 2 is 2.07 bits per heavy atom. The summed E-state index contributed by atoms with van der Waals surface area (Å²) in [6.07, 6.45) is 2.16. The Morgan fingerprint density at radius 1 is 1.21 bits per heavy atom. The number of aryl methyl sites for hydroxylation is 1. The van der Waals surface area contributed by atoms with Crippen LogP contribution in [0.15, 0.2) is 52.8 Å². The third-order valence-corrected chi connectivity index (χ3v) is 6.48. The molecule has 3 aromatic rings. The van der Waals surface area contributed by atoms with Crippen molar-refractivity contribution in [3.05, 3.63) is 69.9 Å². The van der Waals surface area contributed by atoms with Crippen LogP contribution >= 0.6 is 11.3 Å². The Kier molecular flexibility index (Phi) is 6.24. The lowest BCUT2D eigenvalue weighted by atomic mass is 9.99. The molecule has 7 heteroatoms. The molecule has 1 atom stereocenters. The molecule has 0 saturated carbocycles. The Morgan fingerprint density at radius 3 is 2.79 bits per heavy atom. The first kappa shape index (κ1) is 19.6. The minimum absolute atomic E-state index is 0.533. The summed E-state index contributed by atoms with van der Waals surface area (Å²) >= 11 is 1.80. The monoisotopic (exact) mass is 408 g/mol. The second-order valence-corrected chi connectivity index (χ2v) is 8.49. The van der Waals surface area contributed by atoms with Crippen molar-refractivity contribution in [3.63, 3.8) is 0 Å². The SMILES string of the molecule is Cc1nnc(CN=C(NCCc2cccs2)N2CCC(c3ccccc3)C2)n1C. The van der Waals surface area contributed by atoms with Crippen molar-refractivity contribution in [1.29, 1.82) is 0 Å². The van der Waals surface area contributed by atoms with Crippen LogP contribution in [0, 0.1) is 6.92 Å². The maximum Gasteiger partial charge on any atom is 0.194 e. The average molecular weight is 409 g/mol. The van der Waals surface area contributed by atoms with Crippen LogP contribution in [0.1, 0.15) is 34.4 Å². The van der Waals surface area contributed by atoms with Crippen molar-refractivity contribution >= 4 is 17.3 Å². The van der Waals surface area contributed by atoms with Gasteiger partial charge in [-0.2, -0.15) is 0 Å². The van der Waals surface area contributed by atoms with Gasteiger partial charge in [-0.1, -0.05) is 36.4 Å². The van der Waals surface area contributed by atoms with E-state index in [1.54, 1.807) is 11.3 Å². The molecule has 0 radical (unpaired) electrons. The Bertz CT molecular complexity index is 932. The summed E-state index contributed by atoms with van der Waals surface area (Å²) in [6.45, 7) is 5.38. The van der Waals surface area contributed by atoms with Crippen molar-refractivity contribution in [2.45, 2.75) is 32.2 Å². The fourth-order valence-corrected chi connectivity index (χ4v) is 4.41. The number of benzene rings is 1. The van der Waals surface area contributed by atoms with Crippen LogP contribution in [0.5, 0.6) is 0 Å². The van der Waals surface area contributed by atoms with E-state index >= 15 is 0 Å². The molecule has 3 heterocycles.